The van der Waals surface area contributed by atoms with Crippen LogP contribution in [-0.4, -0.2) is 8.42 Å². The van der Waals surface area contributed by atoms with Crippen molar-refractivity contribution in [3.63, 3.8) is 0 Å². The highest BCUT2D eigenvalue weighted by atomic mass is 32.2. The molecule has 0 amide bonds. The monoisotopic (exact) mass is 250 g/mol. The molecule has 0 atom stereocenters. The standard InChI is InChI=1S/C14H18O2S/c1-2-17(15,16)14-11-7-6-10-13(14)12-8-4-3-5-9-12/h2,6-7,10-12H,1,3-5,8-9H2. The van der Waals surface area contributed by atoms with Crippen molar-refractivity contribution in [2.75, 3.05) is 0 Å². The normalized spacial score (nSPS) is 17.9. The largest absolute Gasteiger partial charge is 0.219 e. The molecule has 17 heavy (non-hydrogen) atoms. The summed E-state index contributed by atoms with van der Waals surface area (Å²) < 4.78 is 23.9. The number of rotatable bonds is 3. The van der Waals surface area contributed by atoms with Crippen molar-refractivity contribution in [1.29, 1.82) is 0 Å². The van der Waals surface area contributed by atoms with Crippen LogP contribution in [0.1, 0.15) is 43.6 Å². The Morgan fingerprint density at radius 2 is 1.76 bits per heavy atom. The van der Waals surface area contributed by atoms with Gasteiger partial charge in [-0.3, -0.25) is 0 Å². The van der Waals surface area contributed by atoms with E-state index in [2.05, 4.69) is 6.58 Å². The van der Waals surface area contributed by atoms with Crippen molar-refractivity contribution in [1.82, 2.24) is 0 Å². The topological polar surface area (TPSA) is 34.1 Å². The fourth-order valence-corrected chi connectivity index (χ4v) is 3.59. The molecule has 0 N–H and O–H groups in total. The minimum Gasteiger partial charge on any atom is -0.219 e. The smallest absolute Gasteiger partial charge is 0.199 e. The molecule has 0 saturated heterocycles. The van der Waals surface area contributed by atoms with E-state index < -0.39 is 9.84 Å². The minimum atomic E-state index is -3.31. The van der Waals surface area contributed by atoms with Crippen molar-refractivity contribution in [3.05, 3.63) is 41.8 Å². The highest BCUT2D eigenvalue weighted by molar-refractivity contribution is 7.94. The maximum absolute atomic E-state index is 11.9. The molecule has 92 valence electrons. The summed E-state index contributed by atoms with van der Waals surface area (Å²) in [6.07, 6.45) is 5.88. The molecule has 1 fully saturated rings. The third kappa shape index (κ3) is 2.60. The quantitative estimate of drug-likeness (QED) is 0.820. The van der Waals surface area contributed by atoms with Crippen LogP contribution in [0.25, 0.3) is 0 Å². The van der Waals surface area contributed by atoms with E-state index in [1.165, 1.54) is 19.3 Å². The van der Waals surface area contributed by atoms with Crippen LogP contribution in [0, 0.1) is 0 Å². The second-order valence-electron chi connectivity index (χ2n) is 4.58. The van der Waals surface area contributed by atoms with Gasteiger partial charge in [-0.05, 0) is 30.4 Å². The molecule has 0 radical (unpaired) electrons. The van der Waals surface area contributed by atoms with Gasteiger partial charge in [-0.2, -0.15) is 0 Å². The van der Waals surface area contributed by atoms with E-state index in [1.807, 2.05) is 12.1 Å². The van der Waals surface area contributed by atoms with Crippen LogP contribution < -0.4 is 0 Å². The summed E-state index contributed by atoms with van der Waals surface area (Å²) >= 11 is 0. The lowest BCUT2D eigenvalue weighted by molar-refractivity contribution is 0.438. The zero-order chi connectivity index (χ0) is 12.3. The zero-order valence-corrected chi connectivity index (χ0v) is 10.7. The molecule has 1 aliphatic carbocycles. The summed E-state index contributed by atoms with van der Waals surface area (Å²) in [6.45, 7) is 3.41. The first-order chi connectivity index (χ1) is 8.15. The summed E-state index contributed by atoms with van der Waals surface area (Å²) in [5, 5.41) is 1.05. The van der Waals surface area contributed by atoms with E-state index >= 15 is 0 Å². The van der Waals surface area contributed by atoms with E-state index in [-0.39, 0.29) is 0 Å². The van der Waals surface area contributed by atoms with Crippen molar-refractivity contribution in [2.24, 2.45) is 0 Å². The van der Waals surface area contributed by atoms with Gasteiger partial charge < -0.3 is 0 Å². The SMILES string of the molecule is C=CS(=O)(=O)c1ccccc1C1CCCCC1. The average molecular weight is 250 g/mol. The van der Waals surface area contributed by atoms with E-state index in [1.54, 1.807) is 12.1 Å². The maximum atomic E-state index is 11.9. The maximum Gasteiger partial charge on any atom is 0.199 e. The third-order valence-electron chi connectivity index (χ3n) is 3.49. The zero-order valence-electron chi connectivity index (χ0n) is 9.93. The van der Waals surface area contributed by atoms with E-state index in [0.717, 1.165) is 23.8 Å². The molecule has 0 spiro atoms. The van der Waals surface area contributed by atoms with Crippen LogP contribution in [0.5, 0.6) is 0 Å². The van der Waals surface area contributed by atoms with Crippen LogP contribution in [0.15, 0.2) is 41.1 Å². The minimum absolute atomic E-state index is 0.398. The Hall–Kier alpha value is -1.09. The molecule has 1 aliphatic rings. The van der Waals surface area contributed by atoms with Crippen LogP contribution in [-0.2, 0) is 9.84 Å². The van der Waals surface area contributed by atoms with Crippen molar-refractivity contribution < 1.29 is 8.42 Å². The van der Waals surface area contributed by atoms with Gasteiger partial charge in [-0.25, -0.2) is 8.42 Å². The van der Waals surface area contributed by atoms with E-state index in [0.29, 0.717) is 10.8 Å². The summed E-state index contributed by atoms with van der Waals surface area (Å²) in [7, 11) is -3.31. The average Bonchev–Trinajstić information content (AvgIpc) is 2.40. The molecule has 1 saturated carbocycles. The molecular weight excluding hydrogens is 232 g/mol. The summed E-state index contributed by atoms with van der Waals surface area (Å²) in [4.78, 5) is 0.446. The molecule has 1 aromatic rings. The first-order valence-electron chi connectivity index (χ1n) is 6.11. The summed E-state index contributed by atoms with van der Waals surface area (Å²) in [5.74, 6) is 0.398. The lowest BCUT2D eigenvalue weighted by atomic mass is 9.84. The first-order valence-corrected chi connectivity index (χ1v) is 7.66. The fourth-order valence-electron chi connectivity index (χ4n) is 2.58. The second-order valence-corrected chi connectivity index (χ2v) is 6.45. The van der Waals surface area contributed by atoms with E-state index in [4.69, 9.17) is 0 Å². The van der Waals surface area contributed by atoms with Crippen molar-refractivity contribution in [3.8, 4) is 0 Å². The number of hydrogen-bond acceptors (Lipinski definition) is 2. The van der Waals surface area contributed by atoms with Gasteiger partial charge in [0.1, 0.15) is 0 Å². The number of sulfone groups is 1. The molecule has 0 aromatic heterocycles. The number of hydrogen-bond donors (Lipinski definition) is 0. The Morgan fingerprint density at radius 3 is 2.41 bits per heavy atom. The lowest BCUT2D eigenvalue weighted by Gasteiger charge is -2.23. The highest BCUT2D eigenvalue weighted by Gasteiger charge is 2.22. The summed E-state index contributed by atoms with van der Waals surface area (Å²) in [6, 6.07) is 7.35. The van der Waals surface area contributed by atoms with Gasteiger partial charge in [-0.15, -0.1) is 0 Å². The molecule has 0 unspecified atom stereocenters. The van der Waals surface area contributed by atoms with Gasteiger partial charge >= 0.3 is 0 Å². The predicted molar refractivity (Wildman–Crippen MR) is 69.7 cm³/mol. The fraction of sp³-hybridized carbons (Fsp3) is 0.429. The van der Waals surface area contributed by atoms with Crippen LogP contribution in [0.4, 0.5) is 0 Å². The Kier molecular flexibility index (Phi) is 3.67. The predicted octanol–water partition coefficient (Wildman–Crippen LogP) is 3.65. The highest BCUT2D eigenvalue weighted by Crippen LogP contribution is 2.36. The van der Waals surface area contributed by atoms with Crippen LogP contribution in [0.2, 0.25) is 0 Å². The Morgan fingerprint density at radius 1 is 1.12 bits per heavy atom. The molecule has 0 aliphatic heterocycles. The molecule has 3 heteroatoms. The van der Waals surface area contributed by atoms with E-state index in [9.17, 15) is 8.42 Å². The molecule has 0 heterocycles. The first kappa shape index (κ1) is 12.4. The van der Waals surface area contributed by atoms with Crippen LogP contribution in [0.3, 0.4) is 0 Å². The van der Waals surface area contributed by atoms with Gasteiger partial charge in [0.25, 0.3) is 0 Å². The lowest BCUT2D eigenvalue weighted by Crippen LogP contribution is -2.09. The molecule has 1 aromatic carbocycles. The number of benzene rings is 1. The van der Waals surface area contributed by atoms with Crippen molar-refractivity contribution >= 4 is 9.84 Å². The van der Waals surface area contributed by atoms with Gasteiger partial charge in [0, 0.05) is 5.41 Å². The Balaban J connectivity index is 2.43. The molecule has 0 bridgehead atoms. The summed E-state index contributed by atoms with van der Waals surface area (Å²) in [5.41, 5.74) is 0.979. The van der Waals surface area contributed by atoms with Crippen LogP contribution >= 0.6 is 0 Å². The molecular formula is C14H18O2S. The Bertz CT molecular complexity index is 497. The van der Waals surface area contributed by atoms with Gasteiger partial charge in [0.05, 0.1) is 4.90 Å². The molecule has 2 nitrogen and oxygen atoms in total. The van der Waals surface area contributed by atoms with Gasteiger partial charge in [0.2, 0.25) is 0 Å². The van der Waals surface area contributed by atoms with Crippen molar-refractivity contribution in [2.45, 2.75) is 42.9 Å². The second kappa shape index (κ2) is 5.05. The Labute approximate surface area is 103 Å². The molecule has 2 rings (SSSR count). The van der Waals surface area contributed by atoms with Gasteiger partial charge in [-0.1, -0.05) is 44.0 Å². The third-order valence-corrected chi connectivity index (χ3v) is 4.91. The van der Waals surface area contributed by atoms with Gasteiger partial charge in [0.15, 0.2) is 9.84 Å².